The maximum Gasteiger partial charge on any atom is 0.240 e. The van der Waals surface area contributed by atoms with Crippen LogP contribution in [0.2, 0.25) is 5.02 Å². The number of nitriles is 1. The van der Waals surface area contributed by atoms with E-state index in [1.54, 1.807) is 12.3 Å². The summed E-state index contributed by atoms with van der Waals surface area (Å²) in [5.41, 5.74) is 0.121. The van der Waals surface area contributed by atoms with Gasteiger partial charge in [0.2, 0.25) is 10.0 Å². The van der Waals surface area contributed by atoms with E-state index in [-0.39, 0.29) is 28.1 Å². The molecule has 0 aliphatic heterocycles. The highest BCUT2D eigenvalue weighted by atomic mass is 35.5. The van der Waals surface area contributed by atoms with E-state index in [9.17, 15) is 8.42 Å². The fourth-order valence-electron chi connectivity index (χ4n) is 2.58. The predicted molar refractivity (Wildman–Crippen MR) is 95.7 cm³/mol. The van der Waals surface area contributed by atoms with Crippen molar-refractivity contribution in [2.45, 2.75) is 24.8 Å². The molecule has 1 aromatic carbocycles. The van der Waals surface area contributed by atoms with Gasteiger partial charge in [0, 0.05) is 6.54 Å². The molecule has 0 aliphatic rings. The van der Waals surface area contributed by atoms with Gasteiger partial charge in [-0.05, 0) is 43.4 Å². The van der Waals surface area contributed by atoms with Crippen molar-refractivity contribution in [2.75, 3.05) is 19.6 Å². The SMILES string of the molecule is CCN(CC)C(CNS(=O)(=O)c1ccc(Cl)c(C#N)c1)c1ccco1. The van der Waals surface area contributed by atoms with Crippen molar-refractivity contribution in [3.63, 3.8) is 0 Å². The van der Waals surface area contributed by atoms with Crippen molar-refractivity contribution in [3.05, 3.63) is 52.9 Å². The summed E-state index contributed by atoms with van der Waals surface area (Å²) in [6.45, 7) is 5.67. The van der Waals surface area contributed by atoms with Gasteiger partial charge in [-0.3, -0.25) is 4.90 Å². The molecule has 1 atom stereocenters. The molecule has 0 aliphatic carbocycles. The van der Waals surface area contributed by atoms with Gasteiger partial charge in [-0.2, -0.15) is 5.26 Å². The number of likely N-dealkylation sites (N-methyl/N-ethyl adjacent to an activating group) is 1. The summed E-state index contributed by atoms with van der Waals surface area (Å²) >= 11 is 5.86. The van der Waals surface area contributed by atoms with Crippen LogP contribution in [0, 0.1) is 11.3 Å². The monoisotopic (exact) mass is 381 g/mol. The number of hydrogen-bond acceptors (Lipinski definition) is 5. The van der Waals surface area contributed by atoms with Gasteiger partial charge in [0.05, 0.1) is 27.8 Å². The van der Waals surface area contributed by atoms with E-state index in [0.717, 1.165) is 13.1 Å². The minimum Gasteiger partial charge on any atom is -0.468 e. The van der Waals surface area contributed by atoms with Crippen LogP contribution in [0.3, 0.4) is 0 Å². The maximum absolute atomic E-state index is 12.6. The number of benzene rings is 1. The van der Waals surface area contributed by atoms with Gasteiger partial charge >= 0.3 is 0 Å². The molecule has 0 spiro atoms. The molecule has 8 heteroatoms. The summed E-state index contributed by atoms with van der Waals surface area (Å²) in [6.07, 6.45) is 1.57. The average molecular weight is 382 g/mol. The van der Waals surface area contributed by atoms with Crippen LogP contribution in [0.25, 0.3) is 0 Å². The Hall–Kier alpha value is -1.85. The van der Waals surface area contributed by atoms with E-state index >= 15 is 0 Å². The van der Waals surface area contributed by atoms with Crippen molar-refractivity contribution in [1.82, 2.24) is 9.62 Å². The Morgan fingerprint density at radius 2 is 2.04 bits per heavy atom. The Balaban J connectivity index is 2.23. The highest BCUT2D eigenvalue weighted by Crippen LogP contribution is 2.23. The molecule has 0 bridgehead atoms. The lowest BCUT2D eigenvalue weighted by Gasteiger charge is -2.28. The van der Waals surface area contributed by atoms with Gasteiger partial charge in [0.15, 0.2) is 0 Å². The third-order valence-electron chi connectivity index (χ3n) is 3.96. The van der Waals surface area contributed by atoms with Crippen LogP contribution >= 0.6 is 11.6 Å². The van der Waals surface area contributed by atoms with E-state index in [2.05, 4.69) is 9.62 Å². The molecule has 1 aromatic heterocycles. The molecule has 6 nitrogen and oxygen atoms in total. The minimum absolute atomic E-state index is 0.00573. The lowest BCUT2D eigenvalue weighted by Crippen LogP contribution is -2.37. The first-order valence-corrected chi connectivity index (χ1v) is 9.75. The molecule has 1 N–H and O–H groups in total. The molecule has 2 rings (SSSR count). The molecule has 0 saturated heterocycles. The fourth-order valence-corrected chi connectivity index (χ4v) is 3.81. The zero-order valence-corrected chi connectivity index (χ0v) is 15.6. The topological polar surface area (TPSA) is 86.3 Å². The van der Waals surface area contributed by atoms with Crippen LogP contribution in [-0.4, -0.2) is 33.0 Å². The molecule has 0 fully saturated rings. The van der Waals surface area contributed by atoms with Crippen LogP contribution < -0.4 is 4.72 Å². The Morgan fingerprint density at radius 3 is 2.60 bits per heavy atom. The first-order valence-electron chi connectivity index (χ1n) is 7.89. The van der Waals surface area contributed by atoms with Gasteiger partial charge in [-0.25, -0.2) is 13.1 Å². The summed E-state index contributed by atoms with van der Waals surface area (Å²) in [5, 5.41) is 9.24. The summed E-state index contributed by atoms with van der Waals surface area (Å²) < 4.78 is 33.2. The van der Waals surface area contributed by atoms with Crippen molar-refractivity contribution < 1.29 is 12.8 Å². The van der Waals surface area contributed by atoms with Crippen molar-refractivity contribution in [1.29, 1.82) is 5.26 Å². The standard InChI is InChI=1S/C17H20ClN3O3S/c1-3-21(4-2)16(17-6-5-9-24-17)12-20-25(22,23)14-7-8-15(18)13(10-14)11-19/h5-10,16,20H,3-4,12H2,1-2H3. The first kappa shape index (κ1) is 19.5. The highest BCUT2D eigenvalue weighted by molar-refractivity contribution is 7.89. The number of furan rings is 1. The van der Waals surface area contributed by atoms with Crippen LogP contribution in [-0.2, 0) is 10.0 Å². The maximum atomic E-state index is 12.6. The number of nitrogens with zero attached hydrogens (tertiary/aromatic N) is 2. The van der Waals surface area contributed by atoms with Gasteiger partial charge in [0.1, 0.15) is 11.8 Å². The summed E-state index contributed by atoms with van der Waals surface area (Å²) in [5.74, 6) is 0.695. The van der Waals surface area contributed by atoms with Crippen LogP contribution in [0.4, 0.5) is 0 Å². The number of sulfonamides is 1. The number of hydrogen-bond donors (Lipinski definition) is 1. The third kappa shape index (κ3) is 4.61. The van der Waals surface area contributed by atoms with E-state index in [4.69, 9.17) is 21.3 Å². The van der Waals surface area contributed by atoms with Gasteiger partial charge in [-0.15, -0.1) is 0 Å². The van der Waals surface area contributed by atoms with Crippen molar-refractivity contribution >= 4 is 21.6 Å². The highest BCUT2D eigenvalue weighted by Gasteiger charge is 2.24. The number of rotatable bonds is 8. The molecule has 0 saturated carbocycles. The van der Waals surface area contributed by atoms with E-state index in [1.807, 2.05) is 26.0 Å². The summed E-state index contributed by atoms with van der Waals surface area (Å²) in [7, 11) is -3.77. The molecule has 2 aromatic rings. The second-order valence-electron chi connectivity index (χ2n) is 5.36. The molecule has 1 unspecified atom stereocenters. The molecular weight excluding hydrogens is 362 g/mol. The molecule has 1 heterocycles. The molecule has 0 amide bonds. The smallest absolute Gasteiger partial charge is 0.240 e. The zero-order valence-electron chi connectivity index (χ0n) is 14.1. The lowest BCUT2D eigenvalue weighted by molar-refractivity contribution is 0.194. The van der Waals surface area contributed by atoms with Crippen LogP contribution in [0.1, 0.15) is 31.2 Å². The average Bonchev–Trinajstić information content (AvgIpc) is 3.13. The van der Waals surface area contributed by atoms with Gasteiger partial charge < -0.3 is 4.42 Å². The van der Waals surface area contributed by atoms with Crippen molar-refractivity contribution in [3.8, 4) is 6.07 Å². The van der Waals surface area contributed by atoms with Gasteiger partial charge in [0.25, 0.3) is 0 Å². The lowest BCUT2D eigenvalue weighted by atomic mass is 10.2. The molecule has 25 heavy (non-hydrogen) atoms. The fraction of sp³-hybridized carbons (Fsp3) is 0.353. The summed E-state index contributed by atoms with van der Waals surface area (Å²) in [6, 6.07) is 9.32. The van der Waals surface area contributed by atoms with Crippen LogP contribution in [0.15, 0.2) is 45.9 Å². The molecular formula is C17H20ClN3O3S. The number of halogens is 1. The Bertz CT molecular complexity index is 841. The Labute approximate surface area is 153 Å². The van der Waals surface area contributed by atoms with Crippen molar-refractivity contribution in [2.24, 2.45) is 0 Å². The zero-order chi connectivity index (χ0) is 18.4. The molecule has 0 radical (unpaired) electrons. The Morgan fingerprint density at radius 1 is 1.32 bits per heavy atom. The minimum atomic E-state index is -3.77. The quantitative estimate of drug-likeness (QED) is 0.758. The third-order valence-corrected chi connectivity index (χ3v) is 5.71. The van der Waals surface area contributed by atoms with E-state index in [0.29, 0.717) is 5.76 Å². The predicted octanol–water partition coefficient (Wildman–Crippen LogP) is 3.17. The largest absolute Gasteiger partial charge is 0.468 e. The summed E-state index contributed by atoms with van der Waals surface area (Å²) in [4.78, 5) is 2.11. The van der Waals surface area contributed by atoms with Gasteiger partial charge in [-0.1, -0.05) is 25.4 Å². The normalized spacial score (nSPS) is 12.9. The second kappa shape index (κ2) is 8.50. The second-order valence-corrected chi connectivity index (χ2v) is 7.53. The Kier molecular flexibility index (Phi) is 6.62. The van der Waals surface area contributed by atoms with E-state index in [1.165, 1.54) is 18.2 Å². The number of nitrogens with one attached hydrogen (secondary N) is 1. The molecule has 134 valence electrons. The van der Waals surface area contributed by atoms with E-state index < -0.39 is 10.0 Å². The first-order chi connectivity index (χ1) is 11.9. The van der Waals surface area contributed by atoms with Crippen LogP contribution in [0.5, 0.6) is 0 Å².